The number of H-pyrrole nitrogens is 1. The Morgan fingerprint density at radius 1 is 1.25 bits per heavy atom. The van der Waals surface area contributed by atoms with Crippen LogP contribution < -0.4 is 10.3 Å². The molecule has 2 N–H and O–H groups in total. The molecule has 10 nitrogen and oxygen atoms in total. The fraction of sp³-hybridized carbons (Fsp3) is 0.444. The Bertz CT molecular complexity index is 970. The molecule has 10 heteroatoms. The van der Waals surface area contributed by atoms with E-state index in [0.717, 1.165) is 16.7 Å². The second-order valence-electron chi connectivity index (χ2n) is 6.32. The Kier molecular flexibility index (Phi) is 6.69. The lowest BCUT2D eigenvalue weighted by molar-refractivity contribution is 0.167. The van der Waals surface area contributed by atoms with Crippen LogP contribution in [-0.2, 0) is 24.4 Å². The minimum absolute atomic E-state index is 0.0427. The molecule has 0 spiro atoms. The van der Waals surface area contributed by atoms with Gasteiger partial charge in [0, 0.05) is 36.7 Å². The highest BCUT2D eigenvalue weighted by Gasteiger charge is 2.15. The van der Waals surface area contributed by atoms with E-state index in [1.165, 1.54) is 0 Å². The number of aromatic nitrogens is 5. The average molecular weight is 388 g/mol. The Morgan fingerprint density at radius 3 is 2.86 bits per heavy atom. The summed E-state index contributed by atoms with van der Waals surface area (Å²) in [6, 6.07) is 7.33. The zero-order valence-corrected chi connectivity index (χ0v) is 16.0. The number of nitrogens with zero attached hydrogens (tertiary/aromatic N) is 5. The van der Waals surface area contributed by atoms with E-state index >= 15 is 0 Å². The van der Waals surface area contributed by atoms with Crippen LogP contribution in [0.2, 0.25) is 0 Å². The number of aliphatic hydroxyl groups is 1. The molecule has 28 heavy (non-hydrogen) atoms. The van der Waals surface area contributed by atoms with Crippen LogP contribution >= 0.6 is 0 Å². The van der Waals surface area contributed by atoms with Gasteiger partial charge in [0.1, 0.15) is 5.75 Å². The fourth-order valence-electron chi connectivity index (χ4n) is 2.96. The first-order valence-corrected chi connectivity index (χ1v) is 8.91. The molecule has 150 valence electrons. The molecule has 0 unspecified atom stereocenters. The number of nitrogens with one attached hydrogen (secondary N) is 1. The van der Waals surface area contributed by atoms with E-state index < -0.39 is 0 Å². The van der Waals surface area contributed by atoms with Crippen molar-refractivity contribution >= 4 is 10.9 Å². The highest BCUT2D eigenvalue weighted by Crippen LogP contribution is 2.19. The molecule has 0 radical (unpaired) electrons. The average Bonchev–Trinajstić information content (AvgIpc) is 3.13. The van der Waals surface area contributed by atoms with Gasteiger partial charge >= 0.3 is 0 Å². The van der Waals surface area contributed by atoms with Crippen LogP contribution in [0.1, 0.15) is 11.4 Å². The quantitative estimate of drug-likeness (QED) is 0.504. The van der Waals surface area contributed by atoms with Crippen molar-refractivity contribution in [2.24, 2.45) is 0 Å². The van der Waals surface area contributed by atoms with Gasteiger partial charge in [0.05, 0.1) is 33.4 Å². The number of ether oxygens (including phenoxy) is 2. The molecule has 0 saturated heterocycles. The Balaban J connectivity index is 1.83. The van der Waals surface area contributed by atoms with Crippen LogP contribution in [0, 0.1) is 0 Å². The molecule has 0 bridgehead atoms. The van der Waals surface area contributed by atoms with Crippen molar-refractivity contribution in [3.05, 3.63) is 46.0 Å². The summed E-state index contributed by atoms with van der Waals surface area (Å²) < 4.78 is 12.0. The largest absolute Gasteiger partial charge is 0.497 e. The molecule has 0 aliphatic rings. The monoisotopic (exact) mass is 388 g/mol. The molecule has 0 amide bonds. The Labute approximate surface area is 161 Å². The van der Waals surface area contributed by atoms with Crippen molar-refractivity contribution in [1.29, 1.82) is 0 Å². The van der Waals surface area contributed by atoms with Crippen molar-refractivity contribution in [1.82, 2.24) is 30.1 Å². The van der Waals surface area contributed by atoms with Gasteiger partial charge in [0.25, 0.3) is 5.56 Å². The maximum atomic E-state index is 12.5. The van der Waals surface area contributed by atoms with Crippen molar-refractivity contribution in [2.45, 2.75) is 19.6 Å². The minimum Gasteiger partial charge on any atom is -0.497 e. The third-order valence-corrected chi connectivity index (χ3v) is 4.42. The molecule has 0 saturated carbocycles. The summed E-state index contributed by atoms with van der Waals surface area (Å²) in [4.78, 5) is 17.3. The number of aromatic amines is 1. The SMILES string of the molecule is COCCn1nnnc1CN(CCO)Cc1cc2cc(OC)ccc2[nH]c1=O. The number of hydrogen-bond acceptors (Lipinski definition) is 8. The van der Waals surface area contributed by atoms with Gasteiger partial charge in [-0.2, -0.15) is 0 Å². The van der Waals surface area contributed by atoms with Gasteiger partial charge in [-0.15, -0.1) is 5.10 Å². The first-order valence-electron chi connectivity index (χ1n) is 8.91. The summed E-state index contributed by atoms with van der Waals surface area (Å²) in [7, 11) is 3.22. The zero-order valence-electron chi connectivity index (χ0n) is 16.0. The lowest BCUT2D eigenvalue weighted by atomic mass is 10.1. The number of rotatable bonds is 10. The molecular formula is C18H24N6O4. The van der Waals surface area contributed by atoms with Gasteiger partial charge in [0.15, 0.2) is 5.82 Å². The number of fused-ring (bicyclic) bond motifs is 1. The molecule has 2 aromatic heterocycles. The predicted molar refractivity (Wildman–Crippen MR) is 102 cm³/mol. The normalized spacial score (nSPS) is 11.4. The predicted octanol–water partition coefficient (Wildman–Crippen LogP) is 0.164. The van der Waals surface area contributed by atoms with Gasteiger partial charge < -0.3 is 19.6 Å². The first-order chi connectivity index (χ1) is 13.6. The number of benzene rings is 1. The molecule has 3 rings (SSSR count). The highest BCUT2D eigenvalue weighted by atomic mass is 16.5. The maximum Gasteiger partial charge on any atom is 0.252 e. The van der Waals surface area contributed by atoms with Gasteiger partial charge in [-0.1, -0.05) is 0 Å². The minimum atomic E-state index is -0.167. The van der Waals surface area contributed by atoms with Crippen molar-refractivity contribution in [3.63, 3.8) is 0 Å². The number of pyridine rings is 1. The van der Waals surface area contributed by atoms with E-state index in [-0.39, 0.29) is 12.2 Å². The third-order valence-electron chi connectivity index (χ3n) is 4.42. The van der Waals surface area contributed by atoms with E-state index in [9.17, 15) is 9.90 Å². The number of aliphatic hydroxyl groups excluding tert-OH is 1. The molecule has 3 aromatic rings. The van der Waals surface area contributed by atoms with Crippen LogP contribution in [0.3, 0.4) is 0 Å². The second kappa shape index (κ2) is 9.40. The van der Waals surface area contributed by atoms with Crippen molar-refractivity contribution in [3.8, 4) is 5.75 Å². The van der Waals surface area contributed by atoms with E-state index in [2.05, 4.69) is 20.5 Å². The molecule has 0 atom stereocenters. The Morgan fingerprint density at radius 2 is 2.11 bits per heavy atom. The third kappa shape index (κ3) is 4.71. The highest BCUT2D eigenvalue weighted by molar-refractivity contribution is 5.80. The summed E-state index contributed by atoms with van der Waals surface area (Å²) in [6.07, 6.45) is 0. The summed E-state index contributed by atoms with van der Waals surface area (Å²) in [5.41, 5.74) is 1.16. The van der Waals surface area contributed by atoms with Gasteiger partial charge in [-0.05, 0) is 34.7 Å². The van der Waals surface area contributed by atoms with E-state index in [1.807, 2.05) is 23.1 Å². The van der Waals surface area contributed by atoms with Crippen LogP contribution in [-0.4, -0.2) is 69.2 Å². The molecule has 0 aliphatic heterocycles. The summed E-state index contributed by atoms with van der Waals surface area (Å²) in [5, 5.41) is 22.0. The van der Waals surface area contributed by atoms with Crippen LogP contribution in [0.15, 0.2) is 29.1 Å². The molecular weight excluding hydrogens is 364 g/mol. The van der Waals surface area contributed by atoms with Crippen molar-refractivity contribution < 1.29 is 14.6 Å². The lowest BCUT2D eigenvalue weighted by Gasteiger charge is -2.20. The number of hydrogen-bond donors (Lipinski definition) is 2. The fourth-order valence-corrected chi connectivity index (χ4v) is 2.96. The summed E-state index contributed by atoms with van der Waals surface area (Å²) in [5.74, 6) is 1.36. The topological polar surface area (TPSA) is 118 Å². The summed E-state index contributed by atoms with van der Waals surface area (Å²) in [6.45, 7) is 2.10. The molecule has 1 aromatic carbocycles. The van der Waals surface area contributed by atoms with E-state index in [4.69, 9.17) is 9.47 Å². The lowest BCUT2D eigenvalue weighted by Crippen LogP contribution is -2.30. The molecule has 2 heterocycles. The standard InChI is InChI=1S/C18H24N6O4/c1-27-8-6-24-17(20-21-22-24)12-23(5-7-25)11-14-9-13-10-15(28-2)3-4-16(13)19-18(14)26/h3-4,9-10,25H,5-8,11-12H2,1-2H3,(H,19,26). The summed E-state index contributed by atoms with van der Waals surface area (Å²) >= 11 is 0. The van der Waals surface area contributed by atoms with E-state index in [0.29, 0.717) is 44.2 Å². The van der Waals surface area contributed by atoms with Crippen LogP contribution in [0.4, 0.5) is 0 Å². The number of tetrazole rings is 1. The maximum absolute atomic E-state index is 12.5. The number of methoxy groups -OCH3 is 2. The Hall–Kier alpha value is -2.82. The van der Waals surface area contributed by atoms with Crippen LogP contribution in [0.25, 0.3) is 10.9 Å². The second-order valence-corrected chi connectivity index (χ2v) is 6.32. The molecule has 0 fully saturated rings. The molecule has 0 aliphatic carbocycles. The van der Waals surface area contributed by atoms with E-state index in [1.54, 1.807) is 25.0 Å². The van der Waals surface area contributed by atoms with Gasteiger partial charge in [-0.3, -0.25) is 9.69 Å². The van der Waals surface area contributed by atoms with Gasteiger partial charge in [0.2, 0.25) is 0 Å². The van der Waals surface area contributed by atoms with Gasteiger partial charge in [-0.25, -0.2) is 4.68 Å². The van der Waals surface area contributed by atoms with Crippen LogP contribution in [0.5, 0.6) is 5.75 Å². The smallest absolute Gasteiger partial charge is 0.252 e. The van der Waals surface area contributed by atoms with Crippen molar-refractivity contribution in [2.75, 3.05) is 34.0 Å². The zero-order chi connectivity index (χ0) is 19.9. The first kappa shape index (κ1) is 19.9.